The molecular formula is C16H28FNO3S. The molecule has 128 valence electrons. The molecule has 4 atom stereocenters. The molecule has 0 aliphatic carbocycles. The average molecular weight is 333 g/mol. The first-order valence-corrected chi connectivity index (χ1v) is 8.25. The third-order valence-corrected chi connectivity index (χ3v) is 3.73. The van der Waals surface area contributed by atoms with Gasteiger partial charge in [0.25, 0.3) is 5.91 Å². The van der Waals surface area contributed by atoms with Crippen molar-refractivity contribution in [1.82, 2.24) is 5.32 Å². The molecule has 0 bridgehead atoms. The van der Waals surface area contributed by atoms with Crippen LogP contribution >= 0.6 is 12.6 Å². The van der Waals surface area contributed by atoms with Gasteiger partial charge < -0.3 is 4.74 Å². The Kier molecular flexibility index (Phi) is 10.3. The topological polar surface area (TPSA) is 55.4 Å². The van der Waals surface area contributed by atoms with Crippen molar-refractivity contribution in [2.75, 3.05) is 5.75 Å². The summed E-state index contributed by atoms with van der Waals surface area (Å²) in [5.74, 6) is 0.248. The third-order valence-electron chi connectivity index (χ3n) is 3.37. The largest absolute Gasteiger partial charge is 0.371 e. The fourth-order valence-electron chi connectivity index (χ4n) is 1.94. The first-order chi connectivity index (χ1) is 10.2. The summed E-state index contributed by atoms with van der Waals surface area (Å²) < 4.78 is 17.8. The maximum absolute atomic E-state index is 12.7. The van der Waals surface area contributed by atoms with Crippen LogP contribution in [0.4, 0.5) is 4.39 Å². The highest BCUT2D eigenvalue weighted by atomic mass is 32.1. The lowest BCUT2D eigenvalue weighted by Gasteiger charge is -2.07. The minimum absolute atomic E-state index is 0.0807. The van der Waals surface area contributed by atoms with Gasteiger partial charge in [0.15, 0.2) is 0 Å². The summed E-state index contributed by atoms with van der Waals surface area (Å²) >= 11 is 3.95. The van der Waals surface area contributed by atoms with Crippen LogP contribution in [-0.4, -0.2) is 35.9 Å². The number of alkyl halides is 1. The van der Waals surface area contributed by atoms with E-state index in [4.69, 9.17) is 4.74 Å². The average Bonchev–Trinajstić information content (AvgIpc) is 2.76. The molecule has 1 rings (SSSR count). The Morgan fingerprint density at radius 3 is 2.36 bits per heavy atom. The molecule has 1 saturated heterocycles. The van der Waals surface area contributed by atoms with Gasteiger partial charge in [-0.2, -0.15) is 12.6 Å². The van der Waals surface area contributed by atoms with Crippen molar-refractivity contribution in [2.45, 2.75) is 65.8 Å². The number of imide groups is 1. The van der Waals surface area contributed by atoms with Crippen LogP contribution in [-0.2, 0) is 14.3 Å². The van der Waals surface area contributed by atoms with Gasteiger partial charge in [0.2, 0.25) is 5.91 Å². The Labute approximate surface area is 138 Å². The Morgan fingerprint density at radius 1 is 1.45 bits per heavy atom. The zero-order chi connectivity index (χ0) is 17.3. The number of hydrogen-bond donors (Lipinski definition) is 2. The van der Waals surface area contributed by atoms with E-state index in [0.717, 1.165) is 6.42 Å². The minimum atomic E-state index is -0.794. The van der Waals surface area contributed by atoms with Crippen molar-refractivity contribution < 1.29 is 18.7 Å². The molecule has 1 heterocycles. The van der Waals surface area contributed by atoms with Gasteiger partial charge in [-0.25, -0.2) is 4.39 Å². The summed E-state index contributed by atoms with van der Waals surface area (Å²) in [6, 6.07) is 0. The summed E-state index contributed by atoms with van der Waals surface area (Å²) in [5.41, 5.74) is 0.601. The van der Waals surface area contributed by atoms with Crippen molar-refractivity contribution in [2.24, 2.45) is 5.92 Å². The summed E-state index contributed by atoms with van der Waals surface area (Å²) in [6.07, 6.45) is 2.42. The van der Waals surface area contributed by atoms with Gasteiger partial charge in [0.05, 0.1) is 12.2 Å². The van der Waals surface area contributed by atoms with Crippen molar-refractivity contribution in [3.63, 3.8) is 0 Å². The minimum Gasteiger partial charge on any atom is -0.371 e. The molecule has 22 heavy (non-hydrogen) atoms. The molecule has 1 fully saturated rings. The molecule has 1 aliphatic heterocycles. The normalized spacial score (nSPS) is 26.0. The number of hydrogen-bond acceptors (Lipinski definition) is 4. The molecule has 0 radical (unpaired) electrons. The molecule has 2 amide bonds. The third kappa shape index (κ3) is 8.54. The number of halogens is 1. The fourth-order valence-corrected chi connectivity index (χ4v) is 2.26. The van der Waals surface area contributed by atoms with E-state index >= 15 is 0 Å². The molecule has 2 unspecified atom stereocenters. The molecule has 0 saturated carbocycles. The van der Waals surface area contributed by atoms with Crippen LogP contribution in [0.25, 0.3) is 0 Å². The number of nitrogens with one attached hydrogen (secondary N) is 1. The first kappa shape index (κ1) is 21.1. The molecule has 4 nitrogen and oxygen atoms in total. The maximum atomic E-state index is 12.7. The van der Waals surface area contributed by atoms with Gasteiger partial charge in [0.1, 0.15) is 6.17 Å². The van der Waals surface area contributed by atoms with E-state index < -0.39 is 6.17 Å². The second-order valence-electron chi connectivity index (χ2n) is 5.66. The second-order valence-corrected chi connectivity index (χ2v) is 6.03. The Bertz CT molecular complexity index is 401. The Hall–Kier alpha value is -0.880. The van der Waals surface area contributed by atoms with Crippen LogP contribution in [0.15, 0.2) is 11.6 Å². The van der Waals surface area contributed by atoms with Crippen molar-refractivity contribution in [3.8, 4) is 0 Å². The highest BCUT2D eigenvalue weighted by Gasteiger charge is 2.31. The molecule has 0 spiro atoms. The second kappa shape index (κ2) is 10.8. The number of carbonyl (C=O) groups is 2. The number of allylic oxidation sites excluding steroid dienone is 1. The molecule has 0 aromatic heterocycles. The SMILES string of the molecule is CC1C[C@H](F)[C@@H](CS)O1.CCC(C)/C=C(/C)C(=O)NC(C)=O. The quantitative estimate of drug-likeness (QED) is 0.614. The monoisotopic (exact) mass is 333 g/mol. The van der Waals surface area contributed by atoms with Gasteiger partial charge in [-0.1, -0.05) is 26.3 Å². The van der Waals surface area contributed by atoms with Crippen LogP contribution in [0, 0.1) is 5.92 Å². The Morgan fingerprint density at radius 2 is 2.05 bits per heavy atom. The smallest absolute Gasteiger partial charge is 0.253 e. The lowest BCUT2D eigenvalue weighted by molar-refractivity contribution is -0.127. The van der Waals surface area contributed by atoms with E-state index in [0.29, 0.717) is 23.7 Å². The first-order valence-electron chi connectivity index (χ1n) is 7.61. The number of amides is 2. The number of thiol groups is 1. The summed E-state index contributed by atoms with van der Waals surface area (Å²) in [6.45, 7) is 9.01. The molecule has 1 N–H and O–H groups in total. The molecule has 6 heteroatoms. The van der Waals surface area contributed by atoms with Gasteiger partial charge in [0, 0.05) is 24.7 Å². The van der Waals surface area contributed by atoms with Gasteiger partial charge in [-0.05, 0) is 19.8 Å². The zero-order valence-corrected chi connectivity index (χ0v) is 15.0. The van der Waals surface area contributed by atoms with E-state index in [1.807, 2.05) is 19.9 Å². The van der Waals surface area contributed by atoms with Crippen molar-refractivity contribution in [3.05, 3.63) is 11.6 Å². The van der Waals surface area contributed by atoms with Gasteiger partial charge in [-0.15, -0.1) is 0 Å². The maximum Gasteiger partial charge on any atom is 0.253 e. The predicted octanol–water partition coefficient (Wildman–Crippen LogP) is 3.07. The van der Waals surface area contributed by atoms with Crippen molar-refractivity contribution >= 4 is 24.4 Å². The van der Waals surface area contributed by atoms with E-state index in [2.05, 4.69) is 24.9 Å². The number of ether oxygens (including phenoxy) is 1. The van der Waals surface area contributed by atoms with Crippen molar-refractivity contribution in [1.29, 1.82) is 0 Å². The van der Waals surface area contributed by atoms with Crippen LogP contribution in [0.5, 0.6) is 0 Å². The molecule has 0 aromatic carbocycles. The summed E-state index contributed by atoms with van der Waals surface area (Å²) in [4.78, 5) is 21.8. The van der Waals surface area contributed by atoms with Crippen LogP contribution in [0.1, 0.15) is 47.5 Å². The van der Waals surface area contributed by atoms with E-state index in [-0.39, 0.29) is 24.0 Å². The zero-order valence-electron chi connectivity index (χ0n) is 14.1. The highest BCUT2D eigenvalue weighted by molar-refractivity contribution is 7.80. The summed E-state index contributed by atoms with van der Waals surface area (Å²) in [7, 11) is 0. The molecule has 1 aliphatic rings. The van der Waals surface area contributed by atoms with Crippen LogP contribution < -0.4 is 5.32 Å². The fraction of sp³-hybridized carbons (Fsp3) is 0.750. The predicted molar refractivity (Wildman–Crippen MR) is 89.7 cm³/mol. The lowest BCUT2D eigenvalue weighted by Crippen LogP contribution is -2.28. The molecular weight excluding hydrogens is 305 g/mol. The van der Waals surface area contributed by atoms with E-state index in [1.165, 1.54) is 6.92 Å². The van der Waals surface area contributed by atoms with Crippen LogP contribution in [0.2, 0.25) is 0 Å². The standard InChI is InChI=1S/C10H17NO2.C6H11FOS/c1-5-7(2)6-8(3)10(13)11-9(4)12;1-4-2-5(7)6(3-9)8-4/h6-7H,5H2,1-4H3,(H,11,12,13);4-6,9H,2-3H2,1H3/b8-6-;/t;4?,5-,6+/m.0/s1. The van der Waals surface area contributed by atoms with Gasteiger partial charge in [-0.3, -0.25) is 14.9 Å². The van der Waals surface area contributed by atoms with E-state index in [9.17, 15) is 14.0 Å². The summed E-state index contributed by atoms with van der Waals surface area (Å²) in [5, 5.41) is 2.23. The number of carbonyl (C=O) groups excluding carboxylic acids is 2. The highest BCUT2D eigenvalue weighted by Crippen LogP contribution is 2.23. The van der Waals surface area contributed by atoms with E-state index in [1.54, 1.807) is 6.92 Å². The number of rotatable bonds is 4. The van der Waals surface area contributed by atoms with Gasteiger partial charge >= 0.3 is 0 Å². The molecule has 0 aromatic rings. The lowest BCUT2D eigenvalue weighted by atomic mass is 10.1. The van der Waals surface area contributed by atoms with Crippen LogP contribution in [0.3, 0.4) is 0 Å². The Balaban J connectivity index is 0.000000425.